The van der Waals surface area contributed by atoms with Crippen molar-refractivity contribution in [3.63, 3.8) is 0 Å². The molecule has 0 aliphatic carbocycles. The third kappa shape index (κ3) is 4.08. The highest BCUT2D eigenvalue weighted by Crippen LogP contribution is 2.31. The number of halogens is 2. The largest absolute Gasteiger partial charge is 0.482 e. The van der Waals surface area contributed by atoms with Gasteiger partial charge in [-0.3, -0.25) is 19.3 Å². The minimum Gasteiger partial charge on any atom is -0.482 e. The summed E-state index contributed by atoms with van der Waals surface area (Å²) in [7, 11) is 0. The molecule has 0 spiro atoms. The molecule has 4 rings (SSSR count). The number of benzene rings is 2. The van der Waals surface area contributed by atoms with E-state index in [1.54, 1.807) is 40.1 Å². The lowest BCUT2D eigenvalue weighted by Crippen LogP contribution is -2.54. The second kappa shape index (κ2) is 8.53. The van der Waals surface area contributed by atoms with Crippen LogP contribution in [-0.2, 0) is 9.59 Å². The van der Waals surface area contributed by atoms with Crippen LogP contribution in [0.1, 0.15) is 10.4 Å². The Bertz CT molecular complexity index is 1010. The van der Waals surface area contributed by atoms with Gasteiger partial charge in [0.25, 0.3) is 11.8 Å². The molecule has 7 nitrogen and oxygen atoms in total. The highest BCUT2D eigenvalue weighted by Gasteiger charge is 2.31. The predicted molar refractivity (Wildman–Crippen MR) is 113 cm³/mol. The van der Waals surface area contributed by atoms with E-state index in [-0.39, 0.29) is 30.9 Å². The Labute approximate surface area is 183 Å². The first kappa shape index (κ1) is 20.5. The van der Waals surface area contributed by atoms with Gasteiger partial charge in [-0.1, -0.05) is 35.3 Å². The monoisotopic (exact) mass is 447 g/mol. The molecule has 0 N–H and O–H groups in total. The summed E-state index contributed by atoms with van der Waals surface area (Å²) in [4.78, 5) is 42.6. The fourth-order valence-corrected chi connectivity index (χ4v) is 4.04. The zero-order valence-electron chi connectivity index (χ0n) is 16.0. The Kier molecular flexibility index (Phi) is 5.83. The molecule has 0 bridgehead atoms. The number of ether oxygens (including phenoxy) is 1. The normalized spacial score (nSPS) is 16.2. The minimum absolute atomic E-state index is 0.0594. The first-order chi connectivity index (χ1) is 14.4. The molecule has 2 aromatic carbocycles. The first-order valence-electron chi connectivity index (χ1n) is 9.48. The number of para-hydroxylation sites is 2. The van der Waals surface area contributed by atoms with Crippen molar-refractivity contribution in [1.29, 1.82) is 0 Å². The SMILES string of the molecule is O=C(CN1C(=O)COc2ccccc21)N1CCN(C(=O)c2ccc(Cl)cc2Cl)CC1. The van der Waals surface area contributed by atoms with Crippen molar-refractivity contribution in [3.05, 3.63) is 58.1 Å². The number of nitrogens with zero attached hydrogens (tertiary/aromatic N) is 3. The standard InChI is InChI=1S/C21H19Cl2N3O4/c22-14-5-6-15(16(23)11-14)21(29)25-9-7-24(8-10-25)19(27)12-26-17-3-1-2-4-18(17)30-13-20(26)28/h1-6,11H,7-10,12-13H2. The molecule has 156 valence electrons. The van der Waals surface area contributed by atoms with E-state index in [2.05, 4.69) is 0 Å². The van der Waals surface area contributed by atoms with Crippen LogP contribution in [0.2, 0.25) is 10.0 Å². The molecule has 2 aromatic rings. The molecule has 0 radical (unpaired) electrons. The molecule has 1 saturated heterocycles. The molecule has 1 fully saturated rings. The third-order valence-corrected chi connectivity index (χ3v) is 5.73. The number of fused-ring (bicyclic) bond motifs is 1. The van der Waals surface area contributed by atoms with Gasteiger partial charge in [-0.25, -0.2) is 0 Å². The highest BCUT2D eigenvalue weighted by molar-refractivity contribution is 6.36. The summed E-state index contributed by atoms with van der Waals surface area (Å²) in [6, 6.07) is 11.9. The van der Waals surface area contributed by atoms with Gasteiger partial charge in [-0.05, 0) is 30.3 Å². The van der Waals surface area contributed by atoms with Crippen molar-refractivity contribution < 1.29 is 19.1 Å². The highest BCUT2D eigenvalue weighted by atomic mass is 35.5. The number of amides is 3. The Morgan fingerprint density at radius 3 is 2.40 bits per heavy atom. The predicted octanol–water partition coefficient (Wildman–Crippen LogP) is 2.70. The van der Waals surface area contributed by atoms with E-state index in [1.165, 1.54) is 11.0 Å². The second-order valence-electron chi connectivity index (χ2n) is 7.03. The minimum atomic E-state index is -0.256. The quantitative estimate of drug-likeness (QED) is 0.724. The summed E-state index contributed by atoms with van der Waals surface area (Å²) < 4.78 is 5.41. The van der Waals surface area contributed by atoms with Crippen molar-refractivity contribution in [2.24, 2.45) is 0 Å². The van der Waals surface area contributed by atoms with Gasteiger partial charge in [0, 0.05) is 31.2 Å². The molecule has 9 heteroatoms. The molecule has 2 aliphatic heterocycles. The zero-order chi connectivity index (χ0) is 21.3. The smallest absolute Gasteiger partial charge is 0.265 e. The van der Waals surface area contributed by atoms with Gasteiger partial charge >= 0.3 is 0 Å². The zero-order valence-corrected chi connectivity index (χ0v) is 17.5. The molecule has 0 aromatic heterocycles. The van der Waals surface area contributed by atoms with E-state index in [0.717, 1.165) is 0 Å². The lowest BCUT2D eigenvalue weighted by molar-refractivity contribution is -0.133. The van der Waals surface area contributed by atoms with Crippen molar-refractivity contribution in [3.8, 4) is 5.75 Å². The van der Waals surface area contributed by atoms with Crippen LogP contribution in [-0.4, -0.2) is 66.9 Å². The maximum Gasteiger partial charge on any atom is 0.265 e. The van der Waals surface area contributed by atoms with Crippen LogP contribution in [0.4, 0.5) is 5.69 Å². The van der Waals surface area contributed by atoms with E-state index in [4.69, 9.17) is 27.9 Å². The van der Waals surface area contributed by atoms with Crippen LogP contribution < -0.4 is 9.64 Å². The van der Waals surface area contributed by atoms with Crippen LogP contribution in [0.15, 0.2) is 42.5 Å². The topological polar surface area (TPSA) is 70.2 Å². The Morgan fingerprint density at radius 2 is 1.67 bits per heavy atom. The van der Waals surface area contributed by atoms with Crippen molar-refractivity contribution >= 4 is 46.6 Å². The number of hydrogen-bond donors (Lipinski definition) is 0. The number of carbonyl (C=O) groups is 3. The van der Waals surface area contributed by atoms with Crippen molar-refractivity contribution in [2.75, 3.05) is 44.2 Å². The van der Waals surface area contributed by atoms with E-state index >= 15 is 0 Å². The van der Waals surface area contributed by atoms with Gasteiger partial charge in [0.05, 0.1) is 16.3 Å². The van der Waals surface area contributed by atoms with Gasteiger partial charge in [-0.15, -0.1) is 0 Å². The summed E-state index contributed by atoms with van der Waals surface area (Å²) in [6.45, 7) is 1.39. The summed E-state index contributed by atoms with van der Waals surface area (Å²) in [5.74, 6) is -0.0360. The van der Waals surface area contributed by atoms with Crippen molar-refractivity contribution in [2.45, 2.75) is 0 Å². The van der Waals surface area contributed by atoms with Crippen molar-refractivity contribution in [1.82, 2.24) is 9.80 Å². The molecule has 2 heterocycles. The summed E-state index contributed by atoms with van der Waals surface area (Å²) in [5.41, 5.74) is 0.977. The third-order valence-electron chi connectivity index (χ3n) is 5.18. The van der Waals surface area contributed by atoms with Crippen LogP contribution in [0.5, 0.6) is 5.75 Å². The number of rotatable bonds is 3. The molecule has 2 aliphatic rings. The van der Waals surface area contributed by atoms with Gasteiger partial charge in [0.15, 0.2) is 6.61 Å². The maximum absolute atomic E-state index is 12.8. The number of anilines is 1. The Balaban J connectivity index is 1.38. The number of carbonyl (C=O) groups excluding carboxylic acids is 3. The van der Waals surface area contributed by atoms with E-state index in [9.17, 15) is 14.4 Å². The molecule has 30 heavy (non-hydrogen) atoms. The average molecular weight is 448 g/mol. The van der Waals surface area contributed by atoms with Gasteiger partial charge < -0.3 is 14.5 Å². The van der Waals surface area contributed by atoms with E-state index < -0.39 is 0 Å². The summed E-state index contributed by atoms with van der Waals surface area (Å²) in [5, 5.41) is 0.765. The van der Waals surface area contributed by atoms with Gasteiger partial charge in [-0.2, -0.15) is 0 Å². The second-order valence-corrected chi connectivity index (χ2v) is 7.88. The molecule has 3 amide bonds. The first-order valence-corrected chi connectivity index (χ1v) is 10.2. The molecule has 0 unspecified atom stereocenters. The van der Waals surface area contributed by atoms with Crippen LogP contribution >= 0.6 is 23.2 Å². The molecule has 0 saturated carbocycles. The summed E-state index contributed by atoms with van der Waals surface area (Å²) in [6.07, 6.45) is 0. The number of piperazine rings is 1. The lowest BCUT2D eigenvalue weighted by atomic mass is 10.1. The fourth-order valence-electron chi connectivity index (χ4n) is 3.55. The van der Waals surface area contributed by atoms with Gasteiger partial charge in [0.2, 0.25) is 5.91 Å². The lowest BCUT2D eigenvalue weighted by Gasteiger charge is -2.36. The van der Waals surface area contributed by atoms with Crippen LogP contribution in [0, 0.1) is 0 Å². The Morgan fingerprint density at radius 1 is 0.967 bits per heavy atom. The maximum atomic E-state index is 12.8. The van der Waals surface area contributed by atoms with E-state index in [1.807, 2.05) is 6.07 Å². The van der Waals surface area contributed by atoms with E-state index in [0.29, 0.717) is 53.2 Å². The Hall–Kier alpha value is -2.77. The number of hydrogen-bond acceptors (Lipinski definition) is 4. The average Bonchev–Trinajstić information content (AvgIpc) is 2.75. The molecular formula is C21H19Cl2N3O4. The fraction of sp³-hybridized carbons (Fsp3) is 0.286. The van der Waals surface area contributed by atoms with Crippen LogP contribution in [0.3, 0.4) is 0 Å². The van der Waals surface area contributed by atoms with Gasteiger partial charge in [0.1, 0.15) is 12.3 Å². The summed E-state index contributed by atoms with van der Waals surface area (Å²) >= 11 is 12.0. The van der Waals surface area contributed by atoms with Crippen LogP contribution in [0.25, 0.3) is 0 Å². The molecular weight excluding hydrogens is 429 g/mol. The molecule has 0 atom stereocenters.